The number of nitrogens with zero attached hydrogens (tertiary/aromatic N) is 3. The molecule has 2 aliphatic rings. The van der Waals surface area contributed by atoms with Crippen molar-refractivity contribution < 1.29 is 32.2 Å². The predicted molar refractivity (Wildman–Crippen MR) is 91.1 cm³/mol. The van der Waals surface area contributed by atoms with E-state index in [1.807, 2.05) is 0 Å². The number of carbonyl (C=O) groups excluding carboxylic acids is 2. The highest BCUT2D eigenvalue weighted by atomic mass is 19.4. The summed E-state index contributed by atoms with van der Waals surface area (Å²) in [6, 6.07) is 0.919. The number of hydrogen-bond acceptors (Lipinski definition) is 6. The van der Waals surface area contributed by atoms with E-state index in [1.54, 1.807) is 0 Å². The summed E-state index contributed by atoms with van der Waals surface area (Å²) in [5.74, 6) is -0.955. The number of rotatable bonds is 7. The zero-order valence-electron chi connectivity index (χ0n) is 15.1. The van der Waals surface area contributed by atoms with Crippen LogP contribution in [0, 0.1) is 5.92 Å². The van der Waals surface area contributed by atoms with E-state index in [9.17, 15) is 22.8 Å². The first kappa shape index (κ1) is 19.4. The quantitative estimate of drug-likeness (QED) is 0.708. The number of alkyl halides is 3. The molecular weight excluding hydrogens is 395 g/mol. The number of aromatic nitrogens is 3. The first-order chi connectivity index (χ1) is 13.7. The van der Waals surface area contributed by atoms with Gasteiger partial charge in [-0.1, -0.05) is 0 Å². The van der Waals surface area contributed by atoms with Crippen molar-refractivity contribution in [3.63, 3.8) is 0 Å². The molecule has 0 radical (unpaired) electrons. The van der Waals surface area contributed by atoms with E-state index in [4.69, 9.17) is 10.5 Å². The molecule has 0 spiro atoms. The van der Waals surface area contributed by atoms with E-state index in [0.29, 0.717) is 12.5 Å². The van der Waals surface area contributed by atoms with E-state index in [1.165, 1.54) is 12.3 Å². The Morgan fingerprint density at radius 3 is 2.66 bits per heavy atom. The van der Waals surface area contributed by atoms with Crippen molar-refractivity contribution in [3.05, 3.63) is 23.5 Å². The van der Waals surface area contributed by atoms with Crippen molar-refractivity contribution >= 4 is 17.5 Å². The maximum Gasteiger partial charge on any atom is 0.522 e. The molecule has 2 aliphatic carbocycles. The van der Waals surface area contributed by atoms with Crippen molar-refractivity contribution in [1.29, 1.82) is 0 Å². The molecule has 0 unspecified atom stereocenters. The predicted octanol–water partition coefficient (Wildman–Crippen LogP) is 1.41. The zero-order valence-corrected chi connectivity index (χ0v) is 15.1. The molecule has 156 valence electrons. The SMILES string of the molecule is NC(=O)c1c(OCC2CC2)nn2c(C(=O)NC3CC(OC(F)(F)F)C3)ccnc12. The van der Waals surface area contributed by atoms with Gasteiger partial charge in [0.25, 0.3) is 11.8 Å². The summed E-state index contributed by atoms with van der Waals surface area (Å²) >= 11 is 0. The van der Waals surface area contributed by atoms with Crippen molar-refractivity contribution in [1.82, 2.24) is 19.9 Å². The van der Waals surface area contributed by atoms with Gasteiger partial charge in [-0.15, -0.1) is 18.3 Å². The molecule has 9 nitrogen and oxygen atoms in total. The van der Waals surface area contributed by atoms with Crippen LogP contribution in [0.15, 0.2) is 12.3 Å². The lowest BCUT2D eigenvalue weighted by molar-refractivity contribution is -0.351. The molecule has 0 atom stereocenters. The standard InChI is InChI=1S/C17H18F3N5O4/c18-17(19,20)29-10-5-9(6-10)23-15(27)11-3-4-22-14-12(13(21)26)16(24-25(11)14)28-7-8-1-2-8/h3-4,8-10H,1-2,5-7H2,(H2,21,26)(H,23,27). The number of ether oxygens (including phenoxy) is 2. The molecule has 2 aromatic heterocycles. The number of fused-ring (bicyclic) bond motifs is 1. The molecule has 2 heterocycles. The topological polar surface area (TPSA) is 121 Å². The Bertz CT molecular complexity index is 950. The van der Waals surface area contributed by atoms with Gasteiger partial charge in [0.2, 0.25) is 5.88 Å². The molecule has 0 aliphatic heterocycles. The van der Waals surface area contributed by atoms with Crippen LogP contribution < -0.4 is 15.8 Å². The van der Waals surface area contributed by atoms with Gasteiger partial charge < -0.3 is 15.8 Å². The molecule has 2 amide bonds. The first-order valence-electron chi connectivity index (χ1n) is 9.07. The fourth-order valence-electron chi connectivity index (χ4n) is 3.12. The summed E-state index contributed by atoms with van der Waals surface area (Å²) in [4.78, 5) is 28.5. The van der Waals surface area contributed by atoms with Crippen LogP contribution in [0.5, 0.6) is 5.88 Å². The third kappa shape index (κ3) is 4.26. The lowest BCUT2D eigenvalue weighted by Gasteiger charge is -2.35. The molecule has 2 fully saturated rings. The smallest absolute Gasteiger partial charge is 0.476 e. The minimum Gasteiger partial charge on any atom is -0.476 e. The Morgan fingerprint density at radius 2 is 2.03 bits per heavy atom. The number of nitrogens with one attached hydrogen (secondary N) is 1. The van der Waals surface area contributed by atoms with Gasteiger partial charge >= 0.3 is 6.36 Å². The van der Waals surface area contributed by atoms with Crippen LogP contribution in [0.3, 0.4) is 0 Å². The zero-order chi connectivity index (χ0) is 20.8. The first-order valence-corrected chi connectivity index (χ1v) is 9.07. The van der Waals surface area contributed by atoms with E-state index in [-0.39, 0.29) is 35.6 Å². The van der Waals surface area contributed by atoms with Gasteiger partial charge in [0.1, 0.15) is 11.3 Å². The van der Waals surface area contributed by atoms with Crippen molar-refractivity contribution in [3.8, 4) is 5.88 Å². The number of hydrogen-bond donors (Lipinski definition) is 2. The Labute approximate surface area is 162 Å². The summed E-state index contributed by atoms with van der Waals surface area (Å²) in [5, 5.41) is 6.79. The molecule has 0 aromatic carbocycles. The van der Waals surface area contributed by atoms with E-state index >= 15 is 0 Å². The maximum atomic E-state index is 12.6. The summed E-state index contributed by atoms with van der Waals surface area (Å²) in [7, 11) is 0. The number of nitrogens with two attached hydrogens (primary N) is 1. The molecule has 2 aromatic rings. The third-order valence-corrected chi connectivity index (χ3v) is 4.85. The van der Waals surface area contributed by atoms with Gasteiger partial charge in [-0.05, 0) is 37.7 Å². The van der Waals surface area contributed by atoms with Crippen LogP contribution >= 0.6 is 0 Å². The second-order valence-electron chi connectivity index (χ2n) is 7.19. The molecule has 0 saturated heterocycles. The monoisotopic (exact) mass is 413 g/mol. The van der Waals surface area contributed by atoms with Crippen molar-refractivity contribution in [2.75, 3.05) is 6.61 Å². The van der Waals surface area contributed by atoms with Gasteiger partial charge in [-0.3, -0.25) is 14.3 Å². The number of amides is 2. The highest BCUT2D eigenvalue weighted by molar-refractivity contribution is 6.02. The van der Waals surface area contributed by atoms with Crippen LogP contribution in [0.25, 0.3) is 5.65 Å². The Hall–Kier alpha value is -2.89. The van der Waals surface area contributed by atoms with Crippen LogP contribution in [0.4, 0.5) is 13.2 Å². The summed E-state index contributed by atoms with van der Waals surface area (Å²) in [5.41, 5.74) is 5.53. The summed E-state index contributed by atoms with van der Waals surface area (Å²) < 4.78 is 47.3. The molecule has 0 bridgehead atoms. The summed E-state index contributed by atoms with van der Waals surface area (Å²) in [6.07, 6.45) is -2.21. The van der Waals surface area contributed by atoms with Gasteiger partial charge in [0.15, 0.2) is 5.65 Å². The average molecular weight is 413 g/mol. The Morgan fingerprint density at radius 1 is 1.31 bits per heavy atom. The minimum atomic E-state index is -4.70. The number of primary amides is 1. The fraction of sp³-hybridized carbons (Fsp3) is 0.529. The fourth-order valence-corrected chi connectivity index (χ4v) is 3.12. The van der Waals surface area contributed by atoms with E-state index < -0.39 is 30.3 Å². The van der Waals surface area contributed by atoms with Crippen molar-refractivity contribution in [2.45, 2.75) is 44.2 Å². The largest absolute Gasteiger partial charge is 0.522 e. The highest BCUT2D eigenvalue weighted by Crippen LogP contribution is 2.32. The van der Waals surface area contributed by atoms with Crippen LogP contribution in [-0.2, 0) is 4.74 Å². The van der Waals surface area contributed by atoms with Gasteiger partial charge in [-0.2, -0.15) is 0 Å². The van der Waals surface area contributed by atoms with E-state index in [2.05, 4.69) is 20.1 Å². The second-order valence-corrected chi connectivity index (χ2v) is 7.19. The number of halogens is 3. The van der Waals surface area contributed by atoms with Crippen LogP contribution in [0.1, 0.15) is 46.5 Å². The molecule has 4 rings (SSSR count). The maximum absolute atomic E-state index is 12.6. The van der Waals surface area contributed by atoms with Gasteiger partial charge in [0.05, 0.1) is 12.7 Å². The molecular formula is C17H18F3N5O4. The minimum absolute atomic E-state index is 0.000523. The molecule has 12 heteroatoms. The highest BCUT2D eigenvalue weighted by Gasteiger charge is 2.41. The van der Waals surface area contributed by atoms with Crippen LogP contribution in [0.2, 0.25) is 0 Å². The van der Waals surface area contributed by atoms with Gasteiger partial charge in [-0.25, -0.2) is 9.50 Å². The van der Waals surface area contributed by atoms with Gasteiger partial charge in [0, 0.05) is 12.2 Å². The lowest BCUT2D eigenvalue weighted by atomic mass is 9.89. The second kappa shape index (κ2) is 7.17. The van der Waals surface area contributed by atoms with Crippen molar-refractivity contribution in [2.24, 2.45) is 11.7 Å². The lowest BCUT2D eigenvalue weighted by Crippen LogP contribution is -2.49. The summed E-state index contributed by atoms with van der Waals surface area (Å²) in [6.45, 7) is 0.383. The Kier molecular flexibility index (Phi) is 4.81. The van der Waals surface area contributed by atoms with Crippen LogP contribution in [-0.4, -0.2) is 51.5 Å². The Balaban J connectivity index is 1.50. The average Bonchev–Trinajstić information content (AvgIpc) is 3.34. The number of carbonyl (C=O) groups is 2. The molecule has 29 heavy (non-hydrogen) atoms. The molecule has 2 saturated carbocycles. The van der Waals surface area contributed by atoms with E-state index in [0.717, 1.165) is 17.4 Å². The molecule has 3 N–H and O–H groups in total. The third-order valence-electron chi connectivity index (χ3n) is 4.85. The normalized spacial score (nSPS) is 21.6.